The van der Waals surface area contributed by atoms with E-state index >= 15 is 0 Å². The fraction of sp³-hybridized carbons (Fsp3) is 0.263. The zero-order chi connectivity index (χ0) is 19.3. The molecule has 0 atom stereocenters. The first-order valence-electron chi connectivity index (χ1n) is 7.98. The lowest BCUT2D eigenvalue weighted by Gasteiger charge is -2.13. The van der Waals surface area contributed by atoms with Gasteiger partial charge in [0, 0.05) is 11.3 Å². The van der Waals surface area contributed by atoms with Crippen molar-refractivity contribution in [2.45, 2.75) is 26.9 Å². The number of nitrogens with zero attached hydrogens (tertiary/aromatic N) is 1. The summed E-state index contributed by atoms with van der Waals surface area (Å²) in [6.07, 6.45) is -3.49. The lowest BCUT2D eigenvalue weighted by atomic mass is 10.1. The van der Waals surface area contributed by atoms with Crippen LogP contribution in [0.1, 0.15) is 27.8 Å². The fourth-order valence-corrected chi connectivity index (χ4v) is 2.71. The third-order valence-corrected chi connectivity index (χ3v) is 3.76. The lowest BCUT2D eigenvalue weighted by Crippen LogP contribution is -2.26. The summed E-state index contributed by atoms with van der Waals surface area (Å²) in [5.74, 6) is -0.454. The van der Waals surface area contributed by atoms with Crippen molar-refractivity contribution in [1.82, 2.24) is 5.43 Å². The number of benzene rings is 2. The molecule has 0 aliphatic carbocycles. The Morgan fingerprint density at radius 1 is 1.12 bits per heavy atom. The maximum atomic E-state index is 12.9. The topological polar surface area (TPSA) is 53.5 Å². The fourth-order valence-electron chi connectivity index (χ4n) is 2.71. The van der Waals surface area contributed by atoms with Gasteiger partial charge in [-0.1, -0.05) is 35.9 Å². The van der Waals surface area contributed by atoms with Gasteiger partial charge in [-0.15, -0.1) is 0 Å². The molecule has 26 heavy (non-hydrogen) atoms. The summed E-state index contributed by atoms with van der Waals surface area (Å²) in [6.45, 7) is 5.83. The van der Waals surface area contributed by atoms with Crippen molar-refractivity contribution in [2.24, 2.45) is 5.10 Å². The number of amides is 1. The van der Waals surface area contributed by atoms with Gasteiger partial charge in [0.25, 0.3) is 5.91 Å². The Bertz CT molecular complexity index is 806. The predicted octanol–water partition coefficient (Wildman–Crippen LogP) is 4.19. The summed E-state index contributed by atoms with van der Waals surface area (Å²) >= 11 is 0. The quantitative estimate of drug-likeness (QED) is 0.618. The van der Waals surface area contributed by atoms with Gasteiger partial charge in [-0.25, -0.2) is 5.43 Å². The number of hydrogen-bond acceptors (Lipinski definition) is 3. The summed E-state index contributed by atoms with van der Waals surface area (Å²) in [6, 6.07) is 9.03. The Labute approximate surface area is 150 Å². The van der Waals surface area contributed by atoms with E-state index in [1.165, 1.54) is 18.2 Å². The molecule has 4 nitrogen and oxygen atoms in total. The summed E-state index contributed by atoms with van der Waals surface area (Å²) in [5, 5.41) is 6.65. The molecule has 0 saturated heterocycles. The third kappa shape index (κ3) is 5.08. The molecule has 138 valence electrons. The first kappa shape index (κ1) is 19.5. The van der Waals surface area contributed by atoms with Crippen molar-refractivity contribution in [3.63, 3.8) is 0 Å². The highest BCUT2D eigenvalue weighted by Crippen LogP contribution is 2.31. The molecular weight excluding hydrogens is 343 g/mol. The molecule has 2 N–H and O–H groups in total. The van der Waals surface area contributed by atoms with Crippen LogP contribution in [0.2, 0.25) is 0 Å². The van der Waals surface area contributed by atoms with Crippen molar-refractivity contribution < 1.29 is 18.0 Å². The van der Waals surface area contributed by atoms with Gasteiger partial charge < -0.3 is 5.32 Å². The molecule has 0 radical (unpaired) electrons. The maximum absolute atomic E-state index is 12.9. The number of carbonyl (C=O) groups is 1. The first-order valence-corrected chi connectivity index (χ1v) is 7.98. The van der Waals surface area contributed by atoms with E-state index in [1.54, 1.807) is 0 Å². The Kier molecular flexibility index (Phi) is 6.02. The molecule has 0 fully saturated rings. The standard InChI is InChI=1S/C19H20F3N3O/c1-12-8-13(2)18(14(3)9-12)23-11-17(26)25-24-10-15-6-4-5-7-16(15)19(20,21)22/h4-10,23H,11H2,1-3H3,(H,25,26)/b24-10-. The van der Waals surface area contributed by atoms with E-state index in [2.05, 4.69) is 15.8 Å². The maximum Gasteiger partial charge on any atom is 0.417 e. The van der Waals surface area contributed by atoms with Crippen molar-refractivity contribution in [1.29, 1.82) is 0 Å². The van der Waals surface area contributed by atoms with Crippen LogP contribution in [-0.4, -0.2) is 18.7 Å². The molecule has 2 aromatic carbocycles. The number of hydrogen-bond donors (Lipinski definition) is 2. The Morgan fingerprint density at radius 2 is 1.73 bits per heavy atom. The molecule has 0 unspecified atom stereocenters. The highest BCUT2D eigenvalue weighted by molar-refractivity contribution is 5.85. The molecule has 0 spiro atoms. The molecule has 1 amide bonds. The second-order valence-corrected chi connectivity index (χ2v) is 6.01. The Hall–Kier alpha value is -2.83. The molecule has 0 heterocycles. The summed E-state index contributed by atoms with van der Waals surface area (Å²) in [5.41, 5.74) is 5.32. The van der Waals surface area contributed by atoms with E-state index in [9.17, 15) is 18.0 Å². The predicted molar refractivity (Wildman–Crippen MR) is 96.3 cm³/mol. The number of carbonyl (C=O) groups excluding carboxylic acids is 1. The number of halogens is 3. The zero-order valence-corrected chi connectivity index (χ0v) is 14.7. The largest absolute Gasteiger partial charge is 0.417 e. The molecule has 0 saturated carbocycles. The molecule has 0 aromatic heterocycles. The second kappa shape index (κ2) is 8.03. The summed E-state index contributed by atoms with van der Waals surface area (Å²) in [4.78, 5) is 11.9. The minimum Gasteiger partial charge on any atom is -0.376 e. The third-order valence-electron chi connectivity index (χ3n) is 3.76. The molecule has 0 aliphatic rings. The smallest absolute Gasteiger partial charge is 0.376 e. The highest BCUT2D eigenvalue weighted by Gasteiger charge is 2.32. The average molecular weight is 363 g/mol. The molecular formula is C19H20F3N3O. The van der Waals surface area contributed by atoms with Crippen LogP contribution in [0.5, 0.6) is 0 Å². The monoisotopic (exact) mass is 363 g/mol. The number of rotatable bonds is 5. The van der Waals surface area contributed by atoms with Gasteiger partial charge in [0.05, 0.1) is 18.3 Å². The van der Waals surface area contributed by atoms with E-state index in [1.807, 2.05) is 32.9 Å². The molecule has 0 bridgehead atoms. The number of anilines is 1. The highest BCUT2D eigenvalue weighted by atomic mass is 19.4. The first-order chi connectivity index (χ1) is 12.2. The minimum atomic E-state index is -4.48. The Morgan fingerprint density at radius 3 is 2.35 bits per heavy atom. The van der Waals surface area contributed by atoms with Crippen LogP contribution in [0.3, 0.4) is 0 Å². The number of nitrogens with one attached hydrogen (secondary N) is 2. The number of alkyl halides is 3. The Balaban J connectivity index is 1.97. The van der Waals surface area contributed by atoms with E-state index < -0.39 is 17.6 Å². The molecule has 7 heteroatoms. The molecule has 2 aromatic rings. The van der Waals surface area contributed by atoms with Crippen molar-refractivity contribution in [3.8, 4) is 0 Å². The zero-order valence-electron chi connectivity index (χ0n) is 14.7. The van der Waals surface area contributed by atoms with Crippen LogP contribution in [0.4, 0.5) is 18.9 Å². The van der Waals surface area contributed by atoms with E-state index in [-0.39, 0.29) is 12.1 Å². The van der Waals surface area contributed by atoms with Crippen molar-refractivity contribution in [2.75, 3.05) is 11.9 Å². The van der Waals surface area contributed by atoms with Crippen LogP contribution in [0, 0.1) is 20.8 Å². The number of aryl methyl sites for hydroxylation is 3. The van der Waals surface area contributed by atoms with Gasteiger partial charge in [-0.05, 0) is 38.0 Å². The number of hydrazone groups is 1. The van der Waals surface area contributed by atoms with Gasteiger partial charge in [-0.2, -0.15) is 18.3 Å². The van der Waals surface area contributed by atoms with Gasteiger partial charge in [0.2, 0.25) is 0 Å². The minimum absolute atomic E-state index is 0.0387. The van der Waals surface area contributed by atoms with Gasteiger partial charge in [-0.3, -0.25) is 4.79 Å². The van der Waals surface area contributed by atoms with Gasteiger partial charge in [0.15, 0.2) is 0 Å². The van der Waals surface area contributed by atoms with Crippen LogP contribution >= 0.6 is 0 Å². The van der Waals surface area contributed by atoms with Gasteiger partial charge >= 0.3 is 6.18 Å². The molecule has 2 rings (SSSR count). The lowest BCUT2D eigenvalue weighted by molar-refractivity contribution is -0.137. The molecule has 0 aliphatic heterocycles. The van der Waals surface area contributed by atoms with Crippen LogP contribution in [-0.2, 0) is 11.0 Å². The second-order valence-electron chi connectivity index (χ2n) is 6.01. The van der Waals surface area contributed by atoms with Crippen molar-refractivity contribution in [3.05, 3.63) is 64.2 Å². The summed E-state index contributed by atoms with van der Waals surface area (Å²) in [7, 11) is 0. The van der Waals surface area contributed by atoms with Crippen LogP contribution < -0.4 is 10.7 Å². The van der Waals surface area contributed by atoms with E-state index in [4.69, 9.17) is 0 Å². The van der Waals surface area contributed by atoms with E-state index in [0.717, 1.165) is 34.7 Å². The normalized spacial score (nSPS) is 11.6. The van der Waals surface area contributed by atoms with Gasteiger partial charge in [0.1, 0.15) is 0 Å². The summed E-state index contributed by atoms with van der Waals surface area (Å²) < 4.78 is 38.7. The van der Waals surface area contributed by atoms with Crippen LogP contribution in [0.15, 0.2) is 41.5 Å². The van der Waals surface area contributed by atoms with E-state index in [0.29, 0.717) is 0 Å². The van der Waals surface area contributed by atoms with Crippen molar-refractivity contribution >= 4 is 17.8 Å². The van der Waals surface area contributed by atoms with Crippen LogP contribution in [0.25, 0.3) is 0 Å². The SMILES string of the molecule is Cc1cc(C)c(NCC(=O)N/N=C\c2ccccc2C(F)(F)F)c(C)c1. The average Bonchev–Trinajstić information content (AvgIpc) is 2.53.